The third-order valence-electron chi connectivity index (χ3n) is 1.89. The first-order valence-electron chi connectivity index (χ1n) is 4.45. The van der Waals surface area contributed by atoms with Crippen LogP contribution in [0.25, 0.3) is 0 Å². The van der Waals surface area contributed by atoms with Crippen LogP contribution in [0.5, 0.6) is 0 Å². The van der Waals surface area contributed by atoms with Gasteiger partial charge in [-0.25, -0.2) is 0 Å². The second-order valence-corrected chi connectivity index (χ2v) is 5.31. The van der Waals surface area contributed by atoms with Crippen molar-refractivity contribution in [2.75, 3.05) is 0 Å². The van der Waals surface area contributed by atoms with Crippen LogP contribution in [0.15, 0.2) is 21.5 Å². The fourth-order valence-electron chi connectivity index (χ4n) is 1.20. The summed E-state index contributed by atoms with van der Waals surface area (Å²) >= 11 is 1.09. The molecule has 0 aliphatic carbocycles. The molecule has 0 aliphatic heterocycles. The van der Waals surface area contributed by atoms with Crippen LogP contribution in [0.4, 0.5) is 39.5 Å². The molecule has 0 saturated heterocycles. The van der Waals surface area contributed by atoms with E-state index in [-0.39, 0.29) is 12.1 Å². The van der Waals surface area contributed by atoms with Gasteiger partial charge in [0.15, 0.2) is 0 Å². The van der Waals surface area contributed by atoms with Crippen LogP contribution in [-0.2, 0) is 12.4 Å². The minimum atomic E-state index is -5.22. The summed E-state index contributed by atoms with van der Waals surface area (Å²) in [5.74, 6) is 0. The summed E-state index contributed by atoms with van der Waals surface area (Å²) < 4.78 is 110. The molecule has 0 heterocycles. The van der Waals surface area contributed by atoms with Gasteiger partial charge in [-0.1, -0.05) is 0 Å². The minimum absolute atomic E-state index is 0.0114. The summed E-state index contributed by atoms with van der Waals surface area (Å²) in [6, 6.07) is 0.0228. The van der Waals surface area contributed by atoms with Gasteiger partial charge in [0.05, 0.1) is 11.1 Å². The van der Waals surface area contributed by atoms with Crippen molar-refractivity contribution in [3.05, 3.63) is 27.7 Å². The smallest absolute Gasteiger partial charge is 0.166 e. The van der Waals surface area contributed by atoms with E-state index in [9.17, 15) is 39.5 Å². The molecule has 0 atom stereocenters. The van der Waals surface area contributed by atoms with Gasteiger partial charge in [0, 0.05) is 9.37 Å². The highest BCUT2D eigenvalue weighted by atomic mass is 79.9. The van der Waals surface area contributed by atoms with E-state index >= 15 is 0 Å². The molecule has 0 unspecified atom stereocenters. The second-order valence-electron chi connectivity index (χ2n) is 3.38. The Morgan fingerprint density at radius 3 is 1.35 bits per heavy atom. The summed E-state index contributed by atoms with van der Waals surface area (Å²) in [7, 11) is 0. The Kier molecular flexibility index (Phi) is 4.65. The Bertz CT molecular complexity index is 465. The Morgan fingerprint density at radius 1 is 0.750 bits per heavy atom. The van der Waals surface area contributed by atoms with Crippen LogP contribution in [0, 0.1) is 0 Å². The van der Waals surface area contributed by atoms with Crippen LogP contribution in [0.1, 0.15) is 11.1 Å². The first-order valence-corrected chi connectivity index (χ1v) is 6.06. The van der Waals surface area contributed by atoms with Crippen LogP contribution >= 0.6 is 27.7 Å². The maximum atomic E-state index is 12.5. The molecule has 1 rings (SSSR count). The van der Waals surface area contributed by atoms with Crippen molar-refractivity contribution in [2.24, 2.45) is 0 Å². The molecule has 0 aromatic heterocycles. The fraction of sp³-hybridized carbons (Fsp3) is 0.333. The third-order valence-corrected chi connectivity index (χ3v) is 3.45. The molecule has 114 valence electrons. The predicted molar refractivity (Wildman–Crippen MR) is 56.1 cm³/mol. The van der Waals surface area contributed by atoms with Crippen molar-refractivity contribution in [2.45, 2.75) is 22.8 Å². The van der Waals surface area contributed by atoms with Gasteiger partial charge in [-0.3, -0.25) is 0 Å². The number of rotatable bonds is 1. The molecule has 0 bridgehead atoms. The molecule has 20 heavy (non-hydrogen) atoms. The van der Waals surface area contributed by atoms with Gasteiger partial charge in [0.1, 0.15) is 0 Å². The molecule has 1 aromatic carbocycles. The predicted octanol–water partition coefficient (Wildman–Crippen LogP) is 6.10. The van der Waals surface area contributed by atoms with Crippen molar-refractivity contribution in [3.63, 3.8) is 0 Å². The van der Waals surface area contributed by atoms with Gasteiger partial charge >= 0.3 is 17.9 Å². The van der Waals surface area contributed by atoms with Crippen LogP contribution in [0.3, 0.4) is 0 Å². The Hall–Kier alpha value is -0.580. The van der Waals surface area contributed by atoms with E-state index in [1.807, 2.05) is 0 Å². The van der Waals surface area contributed by atoms with E-state index in [1.54, 1.807) is 0 Å². The first kappa shape index (κ1) is 17.5. The number of hydrogen-bond acceptors (Lipinski definition) is 1. The van der Waals surface area contributed by atoms with E-state index < -0.39 is 50.1 Å². The van der Waals surface area contributed by atoms with Gasteiger partial charge in [0.2, 0.25) is 0 Å². The summed E-state index contributed by atoms with van der Waals surface area (Å²) in [5, 5.41) is 0. The molecule has 0 aliphatic rings. The van der Waals surface area contributed by atoms with E-state index in [1.165, 1.54) is 0 Å². The quantitative estimate of drug-likeness (QED) is 0.411. The van der Waals surface area contributed by atoms with Crippen molar-refractivity contribution in [1.29, 1.82) is 0 Å². The first-order chi connectivity index (χ1) is 8.72. The van der Waals surface area contributed by atoms with Gasteiger partial charge in [0.25, 0.3) is 0 Å². The molecule has 0 fully saturated rings. The van der Waals surface area contributed by atoms with Crippen molar-refractivity contribution >= 4 is 27.7 Å². The van der Waals surface area contributed by atoms with Crippen LogP contribution in [-0.4, -0.2) is 5.51 Å². The molecule has 0 saturated carbocycles. The summed E-state index contributed by atoms with van der Waals surface area (Å²) in [6.07, 6.45) is -10.4. The molecular formula is C9H2BrF9S. The van der Waals surface area contributed by atoms with Crippen molar-refractivity contribution < 1.29 is 39.5 Å². The zero-order valence-corrected chi connectivity index (χ0v) is 11.2. The lowest BCUT2D eigenvalue weighted by Gasteiger charge is -2.17. The van der Waals surface area contributed by atoms with Crippen LogP contribution in [0.2, 0.25) is 0 Å². The average Bonchev–Trinajstić information content (AvgIpc) is 2.14. The van der Waals surface area contributed by atoms with Gasteiger partial charge in [-0.2, -0.15) is 39.5 Å². The largest absolute Gasteiger partial charge is 0.446 e. The second kappa shape index (κ2) is 5.32. The van der Waals surface area contributed by atoms with E-state index in [0.29, 0.717) is 0 Å². The molecule has 0 radical (unpaired) electrons. The Labute approximate surface area is 118 Å². The Balaban J connectivity index is 3.51. The normalized spacial score (nSPS) is 13.7. The minimum Gasteiger partial charge on any atom is -0.166 e. The molecule has 1 aromatic rings. The topological polar surface area (TPSA) is 0 Å². The number of alkyl halides is 9. The molecule has 11 heteroatoms. The van der Waals surface area contributed by atoms with Crippen molar-refractivity contribution in [3.8, 4) is 0 Å². The number of thioether (sulfide) groups is 1. The third kappa shape index (κ3) is 4.47. The summed E-state index contributed by atoms with van der Waals surface area (Å²) in [4.78, 5) is -1.19. The summed E-state index contributed by atoms with van der Waals surface area (Å²) in [6.45, 7) is 0. The van der Waals surface area contributed by atoms with Gasteiger partial charge < -0.3 is 0 Å². The number of hydrogen-bond donors (Lipinski definition) is 0. The number of halogens is 10. The highest BCUT2D eigenvalue weighted by Crippen LogP contribution is 2.46. The average molecular weight is 393 g/mol. The highest BCUT2D eigenvalue weighted by Gasteiger charge is 2.42. The number of benzene rings is 1. The fourth-order valence-corrected chi connectivity index (χ4v) is 2.50. The molecule has 0 N–H and O–H groups in total. The lowest BCUT2D eigenvalue weighted by molar-refractivity contribution is -0.144. The highest BCUT2D eigenvalue weighted by molar-refractivity contribution is 9.10. The van der Waals surface area contributed by atoms with Gasteiger partial charge in [-0.05, 0) is 39.8 Å². The molecule has 0 nitrogen and oxygen atoms in total. The van der Waals surface area contributed by atoms with Crippen LogP contribution < -0.4 is 0 Å². The van der Waals surface area contributed by atoms with E-state index in [0.717, 1.165) is 0 Å². The monoisotopic (exact) mass is 392 g/mol. The maximum Gasteiger partial charge on any atom is 0.446 e. The molecule has 0 amide bonds. The standard InChI is InChI=1S/C9H2BrF9S/c10-6-4(7(11,12)13)1-3(20-9(17,18)19)2-5(6)8(14,15)16/h1-2H. The maximum absolute atomic E-state index is 12.5. The lowest BCUT2D eigenvalue weighted by Crippen LogP contribution is -2.13. The molecule has 0 spiro atoms. The van der Waals surface area contributed by atoms with Crippen molar-refractivity contribution in [1.82, 2.24) is 0 Å². The molecular weight excluding hydrogens is 391 g/mol. The van der Waals surface area contributed by atoms with E-state index in [4.69, 9.17) is 0 Å². The summed E-state index contributed by atoms with van der Waals surface area (Å²) in [5.41, 5.74) is -8.64. The zero-order valence-electron chi connectivity index (χ0n) is 8.84. The SMILES string of the molecule is FC(F)(F)Sc1cc(C(F)(F)F)c(Br)c(C(F)(F)F)c1. The van der Waals surface area contributed by atoms with E-state index in [2.05, 4.69) is 15.9 Å². The van der Waals surface area contributed by atoms with Gasteiger partial charge in [-0.15, -0.1) is 0 Å². The lowest BCUT2D eigenvalue weighted by atomic mass is 10.1. The zero-order chi connectivity index (χ0) is 15.9. The Morgan fingerprint density at radius 2 is 1.10 bits per heavy atom.